The van der Waals surface area contributed by atoms with E-state index in [0.717, 1.165) is 17.7 Å². The van der Waals surface area contributed by atoms with Crippen LogP contribution >= 0.6 is 12.4 Å². The first-order valence-corrected chi connectivity index (χ1v) is 8.68. The van der Waals surface area contributed by atoms with Gasteiger partial charge in [-0.3, -0.25) is 9.59 Å². The molecule has 2 heterocycles. The highest BCUT2D eigenvalue weighted by atomic mass is 35.5. The molecule has 1 aromatic rings. The van der Waals surface area contributed by atoms with Gasteiger partial charge in [-0.2, -0.15) is 0 Å². The van der Waals surface area contributed by atoms with Gasteiger partial charge in [0.2, 0.25) is 11.8 Å². The van der Waals surface area contributed by atoms with Crippen LogP contribution in [0, 0.1) is 0 Å². The fourth-order valence-electron chi connectivity index (χ4n) is 3.32. The molecule has 2 saturated heterocycles. The summed E-state index contributed by atoms with van der Waals surface area (Å²) in [7, 11) is 1.62. The summed E-state index contributed by atoms with van der Waals surface area (Å²) in [5.41, 5.74) is 6.60. The van der Waals surface area contributed by atoms with Gasteiger partial charge < -0.3 is 25.4 Å². The van der Waals surface area contributed by atoms with Crippen LogP contribution in [-0.2, 0) is 20.9 Å². The summed E-state index contributed by atoms with van der Waals surface area (Å²) in [6.45, 7) is 1.58. The van der Waals surface area contributed by atoms with E-state index in [9.17, 15) is 9.59 Å². The van der Waals surface area contributed by atoms with Crippen molar-refractivity contribution < 1.29 is 19.1 Å². The van der Waals surface area contributed by atoms with Crippen molar-refractivity contribution in [2.75, 3.05) is 20.2 Å². The topological polar surface area (TPSA) is 93.9 Å². The summed E-state index contributed by atoms with van der Waals surface area (Å²) in [5, 5.41) is 2.83. The van der Waals surface area contributed by atoms with Gasteiger partial charge in [-0.1, -0.05) is 12.1 Å². The molecule has 0 spiro atoms. The zero-order valence-corrected chi connectivity index (χ0v) is 15.7. The van der Waals surface area contributed by atoms with Crippen molar-refractivity contribution in [3.63, 3.8) is 0 Å². The van der Waals surface area contributed by atoms with Gasteiger partial charge in [-0.25, -0.2) is 0 Å². The Morgan fingerprint density at radius 3 is 2.65 bits per heavy atom. The zero-order valence-electron chi connectivity index (χ0n) is 14.8. The van der Waals surface area contributed by atoms with Gasteiger partial charge in [0.1, 0.15) is 17.9 Å². The molecule has 26 heavy (non-hydrogen) atoms. The lowest BCUT2D eigenvalue weighted by Crippen LogP contribution is -2.45. The highest BCUT2D eigenvalue weighted by molar-refractivity contribution is 5.90. The van der Waals surface area contributed by atoms with Gasteiger partial charge in [-0.05, 0) is 37.0 Å². The molecule has 3 N–H and O–H groups in total. The second kappa shape index (κ2) is 9.21. The minimum atomic E-state index is -0.489. The van der Waals surface area contributed by atoms with Crippen molar-refractivity contribution in [2.45, 2.75) is 44.1 Å². The van der Waals surface area contributed by atoms with Crippen molar-refractivity contribution >= 4 is 24.2 Å². The molecule has 0 radical (unpaired) electrons. The van der Waals surface area contributed by atoms with E-state index < -0.39 is 12.1 Å². The van der Waals surface area contributed by atoms with E-state index in [2.05, 4.69) is 5.32 Å². The van der Waals surface area contributed by atoms with E-state index in [1.54, 1.807) is 12.0 Å². The maximum Gasteiger partial charge on any atom is 0.249 e. The minimum absolute atomic E-state index is 0. The zero-order chi connectivity index (χ0) is 17.8. The van der Waals surface area contributed by atoms with Crippen LogP contribution in [0.5, 0.6) is 5.75 Å². The SMILES string of the molecule is COc1ccc(CN2CCC(NC(=O)[C@@H]3CC[C@H](CN)O3)C2=O)cc1.Cl. The lowest BCUT2D eigenvalue weighted by molar-refractivity contribution is -0.137. The Kier molecular flexibility index (Phi) is 7.25. The number of hydrogen-bond donors (Lipinski definition) is 2. The van der Waals surface area contributed by atoms with Crippen molar-refractivity contribution in [1.82, 2.24) is 10.2 Å². The van der Waals surface area contributed by atoms with E-state index in [0.29, 0.717) is 32.5 Å². The summed E-state index contributed by atoms with van der Waals surface area (Å²) in [4.78, 5) is 26.6. The number of likely N-dealkylation sites (tertiary alicyclic amines) is 1. The van der Waals surface area contributed by atoms with Gasteiger partial charge in [-0.15, -0.1) is 12.4 Å². The molecule has 2 aliphatic heterocycles. The highest BCUT2D eigenvalue weighted by Crippen LogP contribution is 2.21. The smallest absolute Gasteiger partial charge is 0.249 e. The maximum absolute atomic E-state index is 12.5. The summed E-state index contributed by atoms with van der Waals surface area (Å²) in [6.07, 6.45) is 1.52. The monoisotopic (exact) mass is 383 g/mol. The van der Waals surface area contributed by atoms with Gasteiger partial charge >= 0.3 is 0 Å². The van der Waals surface area contributed by atoms with Crippen LogP contribution in [0.1, 0.15) is 24.8 Å². The number of hydrogen-bond acceptors (Lipinski definition) is 5. The molecule has 1 aromatic carbocycles. The maximum atomic E-state index is 12.5. The Labute approximate surface area is 159 Å². The molecular weight excluding hydrogens is 358 g/mol. The van der Waals surface area contributed by atoms with Crippen LogP contribution in [-0.4, -0.2) is 55.2 Å². The fraction of sp³-hybridized carbons (Fsp3) is 0.556. The number of nitrogens with one attached hydrogen (secondary N) is 1. The molecule has 3 atom stereocenters. The number of carbonyl (C=O) groups excluding carboxylic acids is 2. The average Bonchev–Trinajstić information content (AvgIpc) is 3.24. The van der Waals surface area contributed by atoms with Gasteiger partial charge in [0.25, 0.3) is 0 Å². The number of nitrogens with two attached hydrogens (primary N) is 1. The molecule has 0 aromatic heterocycles. The van der Waals surface area contributed by atoms with Gasteiger partial charge in [0, 0.05) is 19.6 Å². The summed E-state index contributed by atoms with van der Waals surface area (Å²) in [6, 6.07) is 7.17. The molecule has 0 saturated carbocycles. The molecule has 2 fully saturated rings. The first kappa shape index (κ1) is 20.5. The second-order valence-corrected chi connectivity index (χ2v) is 6.52. The van der Waals surface area contributed by atoms with E-state index >= 15 is 0 Å². The van der Waals surface area contributed by atoms with Crippen molar-refractivity contribution in [2.24, 2.45) is 5.73 Å². The van der Waals surface area contributed by atoms with Crippen LogP contribution in [0.2, 0.25) is 0 Å². The number of amides is 2. The quantitative estimate of drug-likeness (QED) is 0.759. The lowest BCUT2D eigenvalue weighted by atomic mass is 10.1. The highest BCUT2D eigenvalue weighted by Gasteiger charge is 2.36. The molecule has 2 aliphatic rings. The van der Waals surface area contributed by atoms with Crippen molar-refractivity contribution in [1.29, 1.82) is 0 Å². The Bertz CT molecular complexity index is 625. The summed E-state index contributed by atoms with van der Waals surface area (Å²) in [5.74, 6) is 0.534. The number of carbonyl (C=O) groups is 2. The van der Waals surface area contributed by atoms with E-state index in [1.807, 2.05) is 24.3 Å². The molecule has 0 bridgehead atoms. The van der Waals surface area contributed by atoms with E-state index in [4.69, 9.17) is 15.2 Å². The van der Waals surface area contributed by atoms with Crippen LogP contribution in [0.4, 0.5) is 0 Å². The van der Waals surface area contributed by atoms with Gasteiger partial charge in [0.15, 0.2) is 0 Å². The molecule has 1 unspecified atom stereocenters. The lowest BCUT2D eigenvalue weighted by Gasteiger charge is -2.19. The molecule has 0 aliphatic carbocycles. The number of methoxy groups -OCH3 is 1. The van der Waals surface area contributed by atoms with Crippen LogP contribution < -0.4 is 15.8 Å². The molecular formula is C18H26ClN3O4. The number of rotatable bonds is 6. The van der Waals surface area contributed by atoms with Crippen LogP contribution in [0.25, 0.3) is 0 Å². The fourth-order valence-corrected chi connectivity index (χ4v) is 3.32. The number of halogens is 1. The van der Waals surface area contributed by atoms with E-state index in [-0.39, 0.29) is 30.3 Å². The molecule has 2 amide bonds. The van der Waals surface area contributed by atoms with Crippen molar-refractivity contribution in [3.05, 3.63) is 29.8 Å². The van der Waals surface area contributed by atoms with Crippen LogP contribution in [0.3, 0.4) is 0 Å². The third-order valence-electron chi connectivity index (χ3n) is 4.81. The first-order valence-electron chi connectivity index (χ1n) is 8.68. The Morgan fingerprint density at radius 2 is 2.04 bits per heavy atom. The third kappa shape index (κ3) is 4.66. The molecule has 8 heteroatoms. The van der Waals surface area contributed by atoms with E-state index in [1.165, 1.54) is 0 Å². The number of nitrogens with zero attached hydrogens (tertiary/aromatic N) is 1. The predicted octanol–water partition coefficient (Wildman–Crippen LogP) is 0.840. The Balaban J connectivity index is 0.00000243. The first-order chi connectivity index (χ1) is 12.1. The predicted molar refractivity (Wildman–Crippen MR) is 99.2 cm³/mol. The largest absolute Gasteiger partial charge is 0.497 e. The second-order valence-electron chi connectivity index (χ2n) is 6.52. The average molecular weight is 384 g/mol. The molecule has 3 rings (SSSR count). The number of benzene rings is 1. The van der Waals surface area contributed by atoms with Crippen LogP contribution in [0.15, 0.2) is 24.3 Å². The van der Waals surface area contributed by atoms with Crippen molar-refractivity contribution in [3.8, 4) is 5.75 Å². The third-order valence-corrected chi connectivity index (χ3v) is 4.81. The summed E-state index contributed by atoms with van der Waals surface area (Å²) < 4.78 is 10.7. The van der Waals surface area contributed by atoms with Gasteiger partial charge in [0.05, 0.1) is 13.2 Å². The normalized spacial score (nSPS) is 25.1. The number of ether oxygens (including phenoxy) is 2. The molecule has 144 valence electrons. The Morgan fingerprint density at radius 1 is 1.31 bits per heavy atom. The minimum Gasteiger partial charge on any atom is -0.497 e. The summed E-state index contributed by atoms with van der Waals surface area (Å²) >= 11 is 0. The Hall–Kier alpha value is -1.83. The standard InChI is InChI=1S/C18H25N3O4.ClH/c1-24-13-4-2-12(3-5-13)11-21-9-8-15(18(21)23)20-17(22)16-7-6-14(10-19)25-16;/h2-5,14-16H,6-11,19H2,1H3,(H,20,22);1H/t14-,15?,16+;/m1./s1. The molecule has 7 nitrogen and oxygen atoms in total.